The first-order valence-corrected chi connectivity index (χ1v) is 9.62. The van der Waals surface area contributed by atoms with E-state index in [9.17, 15) is 4.39 Å². The molecule has 0 bridgehead atoms. The third kappa shape index (κ3) is 8.08. The van der Waals surface area contributed by atoms with Crippen molar-refractivity contribution in [3.8, 4) is 5.75 Å². The molecule has 1 aromatic carbocycles. The zero-order chi connectivity index (χ0) is 19.6. The minimum Gasteiger partial charge on any atom is -0.494 e. The van der Waals surface area contributed by atoms with Gasteiger partial charge in [0.25, 0.3) is 0 Å². The van der Waals surface area contributed by atoms with Crippen LogP contribution < -0.4 is 15.4 Å². The van der Waals surface area contributed by atoms with Crippen LogP contribution in [0.1, 0.15) is 25.8 Å². The Bertz CT molecular complexity index is 610. The SMILES string of the molecule is CN=C(NCc1ccc(OC)c(F)c1)NCC(CC(C)C)N1CCOCC1.I. The van der Waals surface area contributed by atoms with Crippen LogP contribution in [0, 0.1) is 11.7 Å². The molecule has 1 atom stereocenters. The standard InChI is InChI=1S/C20H33FN4O2.HI/c1-15(2)11-17(25-7-9-27-10-8-25)14-24-20(22-3)23-13-16-5-6-19(26-4)18(21)12-16;/h5-6,12,15,17H,7-11,13-14H2,1-4H3,(H2,22,23,24);1H. The summed E-state index contributed by atoms with van der Waals surface area (Å²) in [5, 5.41) is 6.67. The molecule has 2 rings (SSSR count). The Morgan fingerprint density at radius 3 is 2.57 bits per heavy atom. The van der Waals surface area contributed by atoms with Crippen molar-refractivity contribution in [3.63, 3.8) is 0 Å². The Morgan fingerprint density at radius 2 is 2.00 bits per heavy atom. The molecule has 0 spiro atoms. The molecule has 0 radical (unpaired) electrons. The van der Waals surface area contributed by atoms with E-state index in [0.29, 0.717) is 24.5 Å². The quantitative estimate of drug-likeness (QED) is 0.322. The smallest absolute Gasteiger partial charge is 0.191 e. The number of hydrogen-bond acceptors (Lipinski definition) is 4. The first kappa shape index (κ1) is 24.9. The maximum atomic E-state index is 13.8. The number of morpholine rings is 1. The Balaban J connectivity index is 0.00000392. The number of nitrogens with one attached hydrogen (secondary N) is 2. The first-order valence-electron chi connectivity index (χ1n) is 9.62. The zero-order valence-corrected chi connectivity index (χ0v) is 19.7. The van der Waals surface area contributed by atoms with E-state index in [-0.39, 0.29) is 35.5 Å². The molecule has 1 aromatic rings. The lowest BCUT2D eigenvalue weighted by Crippen LogP contribution is -2.50. The van der Waals surface area contributed by atoms with Crippen LogP contribution in [0.3, 0.4) is 0 Å². The maximum Gasteiger partial charge on any atom is 0.191 e. The van der Waals surface area contributed by atoms with Gasteiger partial charge in [0.2, 0.25) is 0 Å². The van der Waals surface area contributed by atoms with Gasteiger partial charge in [0.05, 0.1) is 20.3 Å². The zero-order valence-electron chi connectivity index (χ0n) is 17.3. The molecule has 1 aliphatic heterocycles. The van der Waals surface area contributed by atoms with Crippen molar-refractivity contribution in [1.82, 2.24) is 15.5 Å². The van der Waals surface area contributed by atoms with E-state index < -0.39 is 0 Å². The minimum atomic E-state index is -0.357. The normalized spacial score (nSPS) is 16.4. The largest absolute Gasteiger partial charge is 0.494 e. The van der Waals surface area contributed by atoms with Gasteiger partial charge in [-0.3, -0.25) is 9.89 Å². The van der Waals surface area contributed by atoms with E-state index >= 15 is 0 Å². The number of guanidine groups is 1. The summed E-state index contributed by atoms with van der Waals surface area (Å²) >= 11 is 0. The van der Waals surface area contributed by atoms with Gasteiger partial charge in [-0.2, -0.15) is 0 Å². The lowest BCUT2D eigenvalue weighted by atomic mass is 10.0. The average molecular weight is 508 g/mol. The maximum absolute atomic E-state index is 13.8. The summed E-state index contributed by atoms with van der Waals surface area (Å²) in [6.45, 7) is 9.33. The summed E-state index contributed by atoms with van der Waals surface area (Å²) in [7, 11) is 3.21. The Labute approximate surface area is 185 Å². The number of hydrogen-bond donors (Lipinski definition) is 2. The summed E-state index contributed by atoms with van der Waals surface area (Å²) in [6, 6.07) is 5.40. The summed E-state index contributed by atoms with van der Waals surface area (Å²) in [5.41, 5.74) is 0.836. The highest BCUT2D eigenvalue weighted by Crippen LogP contribution is 2.17. The highest BCUT2D eigenvalue weighted by molar-refractivity contribution is 14.0. The minimum absolute atomic E-state index is 0. The van der Waals surface area contributed by atoms with Gasteiger partial charge in [0, 0.05) is 39.3 Å². The molecule has 1 aliphatic rings. The third-order valence-electron chi connectivity index (χ3n) is 4.71. The van der Waals surface area contributed by atoms with Gasteiger partial charge in [-0.1, -0.05) is 19.9 Å². The summed E-state index contributed by atoms with van der Waals surface area (Å²) < 4.78 is 24.3. The fourth-order valence-corrected chi connectivity index (χ4v) is 3.29. The second-order valence-corrected chi connectivity index (χ2v) is 7.21. The molecular weight excluding hydrogens is 474 g/mol. The van der Waals surface area contributed by atoms with Gasteiger partial charge in [-0.05, 0) is 30.0 Å². The van der Waals surface area contributed by atoms with Crippen LogP contribution in [0.4, 0.5) is 4.39 Å². The second kappa shape index (κ2) is 13.2. The fraction of sp³-hybridized carbons (Fsp3) is 0.650. The van der Waals surface area contributed by atoms with Gasteiger partial charge in [-0.25, -0.2) is 4.39 Å². The molecule has 0 saturated carbocycles. The monoisotopic (exact) mass is 508 g/mol. The molecule has 1 unspecified atom stereocenters. The van der Waals surface area contributed by atoms with Crippen LogP contribution in [0.25, 0.3) is 0 Å². The topological polar surface area (TPSA) is 58.1 Å². The van der Waals surface area contributed by atoms with Crippen molar-refractivity contribution in [1.29, 1.82) is 0 Å². The van der Waals surface area contributed by atoms with Crippen molar-refractivity contribution in [2.45, 2.75) is 32.9 Å². The van der Waals surface area contributed by atoms with Crippen molar-refractivity contribution in [2.75, 3.05) is 47.0 Å². The number of halogens is 2. The molecule has 2 N–H and O–H groups in total. The van der Waals surface area contributed by atoms with Crippen LogP contribution in [0.2, 0.25) is 0 Å². The van der Waals surface area contributed by atoms with Crippen molar-refractivity contribution in [2.24, 2.45) is 10.9 Å². The van der Waals surface area contributed by atoms with Crippen LogP contribution in [-0.2, 0) is 11.3 Å². The van der Waals surface area contributed by atoms with Crippen molar-refractivity contribution < 1.29 is 13.9 Å². The molecule has 8 heteroatoms. The summed E-state index contributed by atoms with van der Waals surface area (Å²) in [5.74, 6) is 1.23. The van der Waals surface area contributed by atoms with Crippen LogP contribution >= 0.6 is 24.0 Å². The van der Waals surface area contributed by atoms with E-state index in [0.717, 1.165) is 44.8 Å². The Hall–Kier alpha value is -1.13. The molecule has 160 valence electrons. The van der Waals surface area contributed by atoms with Gasteiger partial charge in [-0.15, -0.1) is 24.0 Å². The number of benzene rings is 1. The molecule has 0 aliphatic carbocycles. The van der Waals surface area contributed by atoms with Gasteiger partial charge >= 0.3 is 0 Å². The molecule has 1 heterocycles. The first-order chi connectivity index (χ1) is 13.0. The summed E-state index contributed by atoms with van der Waals surface area (Å²) in [6.07, 6.45) is 1.12. The molecule has 1 fully saturated rings. The molecular formula is C20H34FIN4O2. The van der Waals surface area contributed by atoms with E-state index in [1.807, 2.05) is 6.07 Å². The Kier molecular flexibility index (Phi) is 11.7. The van der Waals surface area contributed by atoms with Crippen molar-refractivity contribution in [3.05, 3.63) is 29.6 Å². The summed E-state index contributed by atoms with van der Waals surface area (Å²) in [4.78, 5) is 6.78. The number of nitrogens with zero attached hydrogens (tertiary/aromatic N) is 2. The van der Waals surface area contributed by atoms with Gasteiger partial charge < -0.3 is 20.1 Å². The average Bonchev–Trinajstić information content (AvgIpc) is 2.67. The lowest BCUT2D eigenvalue weighted by Gasteiger charge is -2.35. The second-order valence-electron chi connectivity index (χ2n) is 7.21. The number of aliphatic imine (C=N–C) groups is 1. The van der Waals surface area contributed by atoms with E-state index in [4.69, 9.17) is 9.47 Å². The molecule has 6 nitrogen and oxygen atoms in total. The molecule has 0 aromatic heterocycles. The highest BCUT2D eigenvalue weighted by atomic mass is 127. The van der Waals surface area contributed by atoms with Gasteiger partial charge in [0.1, 0.15) is 0 Å². The lowest BCUT2D eigenvalue weighted by molar-refractivity contribution is 0.0132. The van der Waals surface area contributed by atoms with E-state index in [1.54, 1.807) is 13.1 Å². The molecule has 0 amide bonds. The van der Waals surface area contributed by atoms with Crippen LogP contribution in [-0.4, -0.2) is 63.9 Å². The van der Waals surface area contributed by atoms with Crippen LogP contribution in [0.15, 0.2) is 23.2 Å². The number of rotatable bonds is 8. The number of ether oxygens (including phenoxy) is 2. The highest BCUT2D eigenvalue weighted by Gasteiger charge is 2.22. The fourth-order valence-electron chi connectivity index (χ4n) is 3.29. The van der Waals surface area contributed by atoms with E-state index in [1.165, 1.54) is 13.2 Å². The van der Waals surface area contributed by atoms with E-state index in [2.05, 4.69) is 34.4 Å². The third-order valence-corrected chi connectivity index (χ3v) is 4.71. The predicted molar refractivity (Wildman–Crippen MR) is 122 cm³/mol. The molecule has 1 saturated heterocycles. The van der Waals surface area contributed by atoms with Crippen molar-refractivity contribution >= 4 is 29.9 Å². The van der Waals surface area contributed by atoms with Crippen LogP contribution in [0.5, 0.6) is 5.75 Å². The number of methoxy groups -OCH3 is 1. The molecule has 28 heavy (non-hydrogen) atoms. The van der Waals surface area contributed by atoms with Gasteiger partial charge in [0.15, 0.2) is 17.5 Å². The Morgan fingerprint density at radius 1 is 1.29 bits per heavy atom. The predicted octanol–water partition coefficient (Wildman–Crippen LogP) is 2.86.